The van der Waals surface area contributed by atoms with Gasteiger partial charge in [-0.05, 0) is 12.3 Å². The molecular formula is C11H19BrF3NO2. The van der Waals surface area contributed by atoms with Crippen LogP contribution in [-0.2, 0) is 9.53 Å². The van der Waals surface area contributed by atoms with E-state index in [1.807, 2.05) is 0 Å². The van der Waals surface area contributed by atoms with Crippen molar-refractivity contribution in [3.8, 4) is 0 Å². The average Bonchev–Trinajstić information content (AvgIpc) is 2.19. The van der Waals surface area contributed by atoms with Crippen LogP contribution in [0.2, 0.25) is 0 Å². The summed E-state index contributed by atoms with van der Waals surface area (Å²) in [5, 5.41) is 2.64. The average molecular weight is 334 g/mol. The highest BCUT2D eigenvalue weighted by molar-refractivity contribution is 9.09. The van der Waals surface area contributed by atoms with Crippen molar-refractivity contribution in [2.24, 2.45) is 5.92 Å². The number of alkyl halides is 4. The summed E-state index contributed by atoms with van der Waals surface area (Å²) in [6.45, 7) is 3.08. The molecule has 0 spiro atoms. The maximum absolute atomic E-state index is 11.7. The van der Waals surface area contributed by atoms with E-state index in [-0.39, 0.29) is 23.8 Å². The number of ether oxygens (including phenoxy) is 1. The van der Waals surface area contributed by atoms with Crippen molar-refractivity contribution < 1.29 is 22.7 Å². The van der Waals surface area contributed by atoms with Gasteiger partial charge in [-0.15, -0.1) is 0 Å². The van der Waals surface area contributed by atoms with Crippen molar-refractivity contribution in [3.63, 3.8) is 0 Å². The number of rotatable bonds is 8. The van der Waals surface area contributed by atoms with Gasteiger partial charge in [0.1, 0.15) is 6.61 Å². The van der Waals surface area contributed by atoms with Gasteiger partial charge in [0.05, 0.1) is 6.61 Å². The largest absolute Gasteiger partial charge is 0.411 e. The lowest BCUT2D eigenvalue weighted by molar-refractivity contribution is -0.174. The van der Waals surface area contributed by atoms with Crippen LogP contribution in [0, 0.1) is 5.92 Å². The fourth-order valence-electron chi connectivity index (χ4n) is 1.26. The minimum atomic E-state index is -4.34. The molecular weight excluding hydrogens is 315 g/mol. The third-order valence-electron chi connectivity index (χ3n) is 1.99. The molecule has 0 rings (SSSR count). The Morgan fingerprint density at radius 2 is 2.00 bits per heavy atom. The first-order valence-electron chi connectivity index (χ1n) is 5.76. The number of amides is 1. The first kappa shape index (κ1) is 17.7. The number of carbonyl (C=O) groups is 1. The van der Waals surface area contributed by atoms with Crippen molar-refractivity contribution >= 4 is 21.8 Å². The van der Waals surface area contributed by atoms with Gasteiger partial charge < -0.3 is 10.1 Å². The second kappa shape index (κ2) is 8.74. The molecule has 1 amide bonds. The molecule has 0 aliphatic rings. The van der Waals surface area contributed by atoms with Gasteiger partial charge in [0.15, 0.2) is 0 Å². The van der Waals surface area contributed by atoms with Gasteiger partial charge >= 0.3 is 6.18 Å². The Morgan fingerprint density at radius 1 is 1.39 bits per heavy atom. The summed E-state index contributed by atoms with van der Waals surface area (Å²) in [6.07, 6.45) is -3.48. The van der Waals surface area contributed by atoms with Crippen LogP contribution in [-0.4, -0.2) is 36.7 Å². The summed E-state index contributed by atoms with van der Waals surface area (Å²) in [5.41, 5.74) is 0. The molecule has 0 heterocycles. The Hall–Kier alpha value is -0.300. The molecule has 1 N–H and O–H groups in total. The monoisotopic (exact) mass is 333 g/mol. The second-order valence-corrected chi connectivity index (χ2v) is 5.74. The summed E-state index contributed by atoms with van der Waals surface area (Å²) in [6, 6.07) is 0. The van der Waals surface area contributed by atoms with Crippen LogP contribution in [0.1, 0.15) is 26.7 Å². The van der Waals surface area contributed by atoms with Gasteiger partial charge in [-0.1, -0.05) is 29.8 Å². The molecule has 7 heteroatoms. The molecule has 0 aliphatic heterocycles. The Kier molecular flexibility index (Phi) is 8.60. The minimum absolute atomic E-state index is 0.0581. The topological polar surface area (TPSA) is 38.3 Å². The highest BCUT2D eigenvalue weighted by atomic mass is 79.9. The van der Waals surface area contributed by atoms with Gasteiger partial charge in [-0.3, -0.25) is 4.79 Å². The Labute approximate surface area is 114 Å². The highest BCUT2D eigenvalue weighted by Gasteiger charge is 2.27. The Bertz CT molecular complexity index is 247. The molecule has 1 unspecified atom stereocenters. The number of hydrogen-bond acceptors (Lipinski definition) is 2. The third-order valence-corrected chi connectivity index (χ3v) is 2.68. The van der Waals surface area contributed by atoms with E-state index < -0.39 is 12.8 Å². The molecule has 108 valence electrons. The number of carbonyl (C=O) groups excluding carboxylic acids is 1. The molecule has 0 saturated carbocycles. The van der Waals surface area contributed by atoms with Crippen molar-refractivity contribution in [3.05, 3.63) is 0 Å². The van der Waals surface area contributed by atoms with E-state index in [1.165, 1.54) is 0 Å². The van der Waals surface area contributed by atoms with E-state index in [0.29, 0.717) is 12.5 Å². The number of nitrogens with one attached hydrogen (secondary N) is 1. The first-order valence-corrected chi connectivity index (χ1v) is 6.67. The lowest BCUT2D eigenvalue weighted by Crippen LogP contribution is -2.31. The summed E-state index contributed by atoms with van der Waals surface area (Å²) < 4.78 is 39.5. The summed E-state index contributed by atoms with van der Waals surface area (Å²) >= 11 is 3.42. The van der Waals surface area contributed by atoms with Crippen LogP contribution in [0.3, 0.4) is 0 Å². The zero-order chi connectivity index (χ0) is 14.2. The second-order valence-electron chi connectivity index (χ2n) is 4.45. The molecule has 0 bridgehead atoms. The number of hydrogen-bond donors (Lipinski definition) is 1. The van der Waals surface area contributed by atoms with Crippen LogP contribution < -0.4 is 5.32 Å². The van der Waals surface area contributed by atoms with Crippen molar-refractivity contribution in [2.75, 3.05) is 19.8 Å². The van der Waals surface area contributed by atoms with Gasteiger partial charge in [-0.25, -0.2) is 0 Å². The van der Waals surface area contributed by atoms with Gasteiger partial charge in [-0.2, -0.15) is 13.2 Å². The summed E-state index contributed by atoms with van der Waals surface area (Å²) in [5.74, 6) is 0.215. The number of halogens is 4. The zero-order valence-corrected chi connectivity index (χ0v) is 12.1. The lowest BCUT2D eigenvalue weighted by Gasteiger charge is -2.13. The molecule has 0 fully saturated rings. The standard InChI is InChI=1S/C11H19BrF3NO2/c1-8(2)5-9(12)6-16-10(17)3-4-18-7-11(13,14)15/h8-9H,3-7H2,1-2H3,(H,16,17). The minimum Gasteiger partial charge on any atom is -0.372 e. The predicted molar refractivity (Wildman–Crippen MR) is 66.7 cm³/mol. The van der Waals surface area contributed by atoms with Gasteiger partial charge in [0.25, 0.3) is 0 Å². The van der Waals surface area contributed by atoms with Crippen molar-refractivity contribution in [1.29, 1.82) is 0 Å². The third kappa shape index (κ3) is 12.2. The van der Waals surface area contributed by atoms with Gasteiger partial charge in [0.2, 0.25) is 5.91 Å². The van der Waals surface area contributed by atoms with E-state index in [2.05, 4.69) is 39.8 Å². The van der Waals surface area contributed by atoms with E-state index >= 15 is 0 Å². The van der Waals surface area contributed by atoms with Crippen LogP contribution in [0.4, 0.5) is 13.2 Å². The van der Waals surface area contributed by atoms with Crippen LogP contribution in [0.25, 0.3) is 0 Å². The summed E-state index contributed by atoms with van der Waals surface area (Å²) in [7, 11) is 0. The van der Waals surface area contributed by atoms with Crippen molar-refractivity contribution in [2.45, 2.75) is 37.7 Å². The fourth-order valence-corrected chi connectivity index (χ4v) is 2.17. The smallest absolute Gasteiger partial charge is 0.372 e. The lowest BCUT2D eigenvalue weighted by atomic mass is 10.1. The molecule has 0 aromatic heterocycles. The van der Waals surface area contributed by atoms with E-state index in [4.69, 9.17) is 0 Å². The van der Waals surface area contributed by atoms with E-state index in [9.17, 15) is 18.0 Å². The molecule has 0 aromatic rings. The van der Waals surface area contributed by atoms with E-state index in [0.717, 1.165) is 6.42 Å². The van der Waals surface area contributed by atoms with Crippen LogP contribution in [0.15, 0.2) is 0 Å². The van der Waals surface area contributed by atoms with Gasteiger partial charge in [0, 0.05) is 17.8 Å². The first-order chi connectivity index (χ1) is 8.20. The quantitative estimate of drug-likeness (QED) is 0.548. The SMILES string of the molecule is CC(C)CC(Br)CNC(=O)CCOCC(F)(F)F. The molecule has 0 saturated heterocycles. The molecule has 0 aliphatic carbocycles. The van der Waals surface area contributed by atoms with Crippen molar-refractivity contribution in [1.82, 2.24) is 5.32 Å². The van der Waals surface area contributed by atoms with Crippen LogP contribution >= 0.6 is 15.9 Å². The van der Waals surface area contributed by atoms with E-state index in [1.54, 1.807) is 0 Å². The zero-order valence-electron chi connectivity index (χ0n) is 10.5. The molecule has 3 nitrogen and oxygen atoms in total. The maximum Gasteiger partial charge on any atom is 0.411 e. The normalized spacial score (nSPS) is 13.7. The molecule has 0 radical (unpaired) electrons. The fraction of sp³-hybridized carbons (Fsp3) is 0.909. The molecule has 18 heavy (non-hydrogen) atoms. The Morgan fingerprint density at radius 3 is 2.50 bits per heavy atom. The highest BCUT2D eigenvalue weighted by Crippen LogP contribution is 2.14. The maximum atomic E-state index is 11.7. The van der Waals surface area contributed by atoms with Crippen LogP contribution in [0.5, 0.6) is 0 Å². The molecule has 0 aromatic carbocycles. The predicted octanol–water partition coefficient (Wildman–Crippen LogP) is 2.88. The summed E-state index contributed by atoms with van der Waals surface area (Å²) in [4.78, 5) is 11.4. The Balaban J connectivity index is 3.54. The molecule has 1 atom stereocenters.